The van der Waals surface area contributed by atoms with Crippen molar-refractivity contribution in [2.24, 2.45) is 0 Å². The number of carbonyl (C=O) groups excluding carboxylic acids is 2. The first-order valence-electron chi connectivity index (χ1n) is 7.73. The van der Waals surface area contributed by atoms with Crippen molar-refractivity contribution in [1.82, 2.24) is 5.32 Å². The van der Waals surface area contributed by atoms with Crippen LogP contribution in [-0.4, -0.2) is 17.5 Å². The molecule has 0 bridgehead atoms. The highest BCUT2D eigenvalue weighted by Crippen LogP contribution is 2.31. The number of benzene rings is 1. The fraction of sp³-hybridized carbons (Fsp3) is 0.368. The topological polar surface area (TPSA) is 55.4 Å². The van der Waals surface area contributed by atoms with E-state index in [0.29, 0.717) is 12.8 Å². The number of ketones is 1. The Morgan fingerprint density at radius 1 is 1.22 bits per heavy atom. The second kappa shape index (κ2) is 6.82. The molecule has 1 amide bonds. The van der Waals surface area contributed by atoms with Gasteiger partial charge in [0.1, 0.15) is 5.60 Å². The van der Waals surface area contributed by atoms with Crippen LogP contribution in [0, 0.1) is 0 Å². The first-order chi connectivity index (χ1) is 10.8. The number of hydrogen-bond acceptors (Lipinski definition) is 3. The lowest BCUT2D eigenvalue weighted by Gasteiger charge is -2.25. The number of nitrogens with one attached hydrogen (secondary N) is 1. The Kier molecular flexibility index (Phi) is 5.04. The van der Waals surface area contributed by atoms with Crippen LogP contribution in [0.4, 0.5) is 4.79 Å². The van der Waals surface area contributed by atoms with E-state index in [2.05, 4.69) is 11.9 Å². The van der Waals surface area contributed by atoms with Gasteiger partial charge in [-0.05, 0) is 50.0 Å². The Morgan fingerprint density at radius 3 is 2.39 bits per heavy atom. The molecule has 0 heterocycles. The molecule has 0 saturated heterocycles. The second-order valence-corrected chi connectivity index (χ2v) is 6.65. The van der Waals surface area contributed by atoms with Crippen LogP contribution in [0.5, 0.6) is 0 Å². The third-order valence-corrected chi connectivity index (χ3v) is 3.53. The summed E-state index contributed by atoms with van der Waals surface area (Å²) in [6, 6.07) is 9.15. The quantitative estimate of drug-likeness (QED) is 0.910. The average Bonchev–Trinajstić information content (AvgIpc) is 2.90. The smallest absolute Gasteiger partial charge is 0.408 e. The van der Waals surface area contributed by atoms with Crippen LogP contribution in [0.15, 0.2) is 54.1 Å². The average molecular weight is 313 g/mol. The van der Waals surface area contributed by atoms with E-state index in [9.17, 15) is 9.59 Å². The molecule has 1 aromatic rings. The first-order valence-corrected chi connectivity index (χ1v) is 7.73. The van der Waals surface area contributed by atoms with Gasteiger partial charge in [-0.3, -0.25) is 4.79 Å². The van der Waals surface area contributed by atoms with Crippen LogP contribution in [-0.2, 0) is 9.53 Å². The fourth-order valence-electron chi connectivity index (χ4n) is 2.48. The van der Waals surface area contributed by atoms with Gasteiger partial charge in [0, 0.05) is 6.42 Å². The Balaban J connectivity index is 2.23. The summed E-state index contributed by atoms with van der Waals surface area (Å²) in [5.41, 5.74) is 1.95. The third-order valence-electron chi connectivity index (χ3n) is 3.53. The predicted octanol–water partition coefficient (Wildman–Crippen LogP) is 4.10. The molecule has 0 saturated carbocycles. The zero-order chi connectivity index (χ0) is 17.0. The second-order valence-electron chi connectivity index (χ2n) is 6.65. The summed E-state index contributed by atoms with van der Waals surface area (Å²) in [4.78, 5) is 23.7. The van der Waals surface area contributed by atoms with Gasteiger partial charge >= 0.3 is 6.09 Å². The molecule has 1 unspecified atom stereocenters. The van der Waals surface area contributed by atoms with E-state index >= 15 is 0 Å². The number of ether oxygens (including phenoxy) is 1. The van der Waals surface area contributed by atoms with Gasteiger partial charge in [0.2, 0.25) is 0 Å². The summed E-state index contributed by atoms with van der Waals surface area (Å²) in [7, 11) is 0. The number of alkyl carbamates (subject to hydrolysis) is 1. The molecule has 1 N–H and O–H groups in total. The van der Waals surface area contributed by atoms with Gasteiger partial charge in [-0.15, -0.1) is 0 Å². The lowest BCUT2D eigenvalue weighted by molar-refractivity contribution is -0.114. The Labute approximate surface area is 137 Å². The molecule has 2 rings (SSSR count). The van der Waals surface area contributed by atoms with Crippen LogP contribution >= 0.6 is 0 Å². The molecule has 0 aliphatic heterocycles. The minimum absolute atomic E-state index is 0.102. The van der Waals surface area contributed by atoms with Gasteiger partial charge in [-0.25, -0.2) is 4.79 Å². The number of rotatable bonds is 4. The summed E-state index contributed by atoms with van der Waals surface area (Å²) in [5.74, 6) is 0.102. The van der Waals surface area contributed by atoms with Crippen molar-refractivity contribution >= 4 is 11.9 Å². The molecule has 1 aromatic carbocycles. The van der Waals surface area contributed by atoms with E-state index in [1.165, 1.54) is 0 Å². The van der Waals surface area contributed by atoms with Crippen molar-refractivity contribution < 1.29 is 14.3 Å². The largest absolute Gasteiger partial charge is 0.444 e. The molecule has 4 nitrogen and oxygen atoms in total. The Morgan fingerprint density at radius 2 is 1.87 bits per heavy atom. The summed E-state index contributed by atoms with van der Waals surface area (Å²) < 4.78 is 5.35. The fourth-order valence-corrected chi connectivity index (χ4v) is 2.48. The summed E-state index contributed by atoms with van der Waals surface area (Å²) in [5, 5.41) is 2.87. The Bertz CT molecular complexity index is 638. The zero-order valence-corrected chi connectivity index (χ0v) is 13.9. The van der Waals surface area contributed by atoms with Gasteiger partial charge < -0.3 is 10.1 Å². The standard InChI is InChI=1S/C19H23NO3/c1-13(15-10-11-16(21)12-15)17(14-8-6-5-7-9-14)20-18(22)23-19(2,3)4/h5-9,12,17H,1,10-11H2,2-4H3,(H,20,22). The van der Waals surface area contributed by atoms with Crippen molar-refractivity contribution in [3.8, 4) is 0 Å². The van der Waals surface area contributed by atoms with E-state index in [1.807, 2.05) is 51.1 Å². The molecule has 4 heteroatoms. The lowest BCUT2D eigenvalue weighted by atomic mass is 9.94. The number of hydrogen-bond donors (Lipinski definition) is 1. The molecule has 122 valence electrons. The van der Waals surface area contributed by atoms with Crippen molar-refractivity contribution in [2.45, 2.75) is 45.3 Å². The van der Waals surface area contributed by atoms with Crippen molar-refractivity contribution in [1.29, 1.82) is 0 Å². The van der Waals surface area contributed by atoms with E-state index in [1.54, 1.807) is 6.08 Å². The Hall–Kier alpha value is -2.36. The molecule has 0 radical (unpaired) electrons. The maximum atomic E-state index is 12.2. The molecule has 1 atom stereocenters. The van der Waals surface area contributed by atoms with Crippen LogP contribution in [0.1, 0.15) is 45.2 Å². The van der Waals surface area contributed by atoms with Crippen molar-refractivity contribution in [3.05, 3.63) is 59.7 Å². The summed E-state index contributed by atoms with van der Waals surface area (Å²) in [6.45, 7) is 9.56. The maximum absolute atomic E-state index is 12.2. The third kappa shape index (κ3) is 4.81. The van der Waals surface area contributed by atoms with Crippen LogP contribution in [0.2, 0.25) is 0 Å². The van der Waals surface area contributed by atoms with Crippen LogP contribution < -0.4 is 5.32 Å². The number of carbonyl (C=O) groups is 2. The summed E-state index contributed by atoms with van der Waals surface area (Å²) in [6.07, 6.45) is 2.28. The van der Waals surface area contributed by atoms with E-state index < -0.39 is 17.7 Å². The molecule has 23 heavy (non-hydrogen) atoms. The van der Waals surface area contributed by atoms with Crippen LogP contribution in [0.3, 0.4) is 0 Å². The molecule has 0 aromatic heterocycles. The van der Waals surface area contributed by atoms with Gasteiger partial charge in [-0.1, -0.05) is 36.9 Å². The monoisotopic (exact) mass is 313 g/mol. The van der Waals surface area contributed by atoms with E-state index in [4.69, 9.17) is 4.74 Å². The number of allylic oxidation sites excluding steroid dienone is 1. The maximum Gasteiger partial charge on any atom is 0.408 e. The molecular formula is C19H23NO3. The SMILES string of the molecule is C=C(C1=CC(=O)CC1)C(NC(=O)OC(C)(C)C)c1ccccc1. The molecule has 1 aliphatic carbocycles. The van der Waals surface area contributed by atoms with Crippen LogP contribution in [0.25, 0.3) is 0 Å². The van der Waals surface area contributed by atoms with E-state index in [0.717, 1.165) is 16.7 Å². The van der Waals surface area contributed by atoms with Gasteiger partial charge in [0.25, 0.3) is 0 Å². The summed E-state index contributed by atoms with van der Waals surface area (Å²) >= 11 is 0. The highest BCUT2D eigenvalue weighted by atomic mass is 16.6. The molecular weight excluding hydrogens is 290 g/mol. The first kappa shape index (κ1) is 17.0. The number of amides is 1. The minimum atomic E-state index is -0.574. The molecule has 0 fully saturated rings. The van der Waals surface area contributed by atoms with Gasteiger partial charge in [-0.2, -0.15) is 0 Å². The molecule has 0 spiro atoms. The highest BCUT2D eigenvalue weighted by Gasteiger charge is 2.25. The zero-order valence-electron chi connectivity index (χ0n) is 13.9. The van der Waals surface area contributed by atoms with E-state index in [-0.39, 0.29) is 5.78 Å². The lowest BCUT2D eigenvalue weighted by Crippen LogP contribution is -2.35. The van der Waals surface area contributed by atoms with Gasteiger partial charge in [0.15, 0.2) is 5.78 Å². The highest BCUT2D eigenvalue weighted by molar-refractivity contribution is 5.94. The van der Waals surface area contributed by atoms with Gasteiger partial charge in [0.05, 0.1) is 6.04 Å². The normalized spacial score (nSPS) is 15.8. The van der Waals surface area contributed by atoms with Crippen molar-refractivity contribution in [3.63, 3.8) is 0 Å². The predicted molar refractivity (Wildman–Crippen MR) is 90.0 cm³/mol. The minimum Gasteiger partial charge on any atom is -0.444 e. The van der Waals surface area contributed by atoms with Crippen molar-refractivity contribution in [2.75, 3.05) is 0 Å². The molecule has 1 aliphatic rings.